The van der Waals surface area contributed by atoms with Crippen LogP contribution < -0.4 is 21.4 Å². The summed E-state index contributed by atoms with van der Waals surface area (Å²) in [6, 6.07) is 17.6. The molecule has 12 atom stereocenters. The summed E-state index contributed by atoms with van der Waals surface area (Å²) in [5.74, 6) is 4.96. The van der Waals surface area contributed by atoms with Gasteiger partial charge in [0.25, 0.3) is 0 Å². The molecular formula is C96H147BFe4I2N12O11. The number of likely N-dealkylation sites (tertiary alicyclic amines) is 3. The van der Waals surface area contributed by atoms with Gasteiger partial charge in [0.05, 0.1) is 83.8 Å². The third-order valence-electron chi connectivity index (χ3n) is 28.5. The van der Waals surface area contributed by atoms with Crippen LogP contribution in [0.2, 0.25) is 0 Å². The van der Waals surface area contributed by atoms with Gasteiger partial charge in [-0.15, -0.1) is 0 Å². The summed E-state index contributed by atoms with van der Waals surface area (Å²) in [5.41, 5.74) is 8.69. The van der Waals surface area contributed by atoms with Crippen molar-refractivity contribution in [2.24, 2.45) is 35.5 Å². The summed E-state index contributed by atoms with van der Waals surface area (Å²) in [4.78, 5) is 110. The third kappa shape index (κ3) is 26.5. The number of rotatable bonds is 15. The fraction of sp³-hybridized carbons (Fsp3) is 0.677. The van der Waals surface area contributed by atoms with Crippen LogP contribution in [-0.4, -0.2) is 164 Å². The Morgan fingerprint density at radius 2 is 0.675 bits per heavy atom. The van der Waals surface area contributed by atoms with E-state index in [2.05, 4.69) is 122 Å². The van der Waals surface area contributed by atoms with Crippen LogP contribution in [0, 0.1) is 65.2 Å². The fourth-order valence-electron chi connectivity index (χ4n) is 21.2. The fourth-order valence-corrected chi connectivity index (χ4v) is 22.9. The second kappa shape index (κ2) is 50.8. The molecule has 30 heteroatoms. The van der Waals surface area contributed by atoms with E-state index in [1.165, 1.54) is 154 Å². The molecule has 3 aromatic heterocycles. The number of aromatic nitrogens is 6. The van der Waals surface area contributed by atoms with E-state index in [4.69, 9.17) is 38.5 Å². The molecule has 6 aromatic rings. The minimum absolute atomic E-state index is 0. The van der Waals surface area contributed by atoms with E-state index in [1.54, 1.807) is 0 Å². The number of H-pyrrole nitrogens is 3. The third-order valence-corrected chi connectivity index (χ3v) is 31.0. The van der Waals surface area contributed by atoms with E-state index in [-0.39, 0.29) is 170 Å². The van der Waals surface area contributed by atoms with Gasteiger partial charge >= 0.3 is 59.5 Å². The Hall–Kier alpha value is -4.19. The molecule has 7 saturated carbocycles. The molecule has 6 N–H and O–H groups in total. The number of benzene rings is 3. The number of imidazole rings is 3. The van der Waals surface area contributed by atoms with Gasteiger partial charge in [-0.3, -0.25) is 14.4 Å². The number of ether oxygens (including phenoxy) is 3. The predicted molar refractivity (Wildman–Crippen MR) is 507 cm³/mol. The predicted octanol–water partition coefficient (Wildman–Crippen LogP) is 21.5. The van der Waals surface area contributed by atoms with Crippen LogP contribution in [0.5, 0.6) is 0 Å². The van der Waals surface area contributed by atoms with Crippen molar-refractivity contribution in [3.8, 4) is 0 Å². The summed E-state index contributed by atoms with van der Waals surface area (Å²) in [5, 5.41) is 8.36. The van der Waals surface area contributed by atoms with Crippen LogP contribution in [0.1, 0.15) is 327 Å². The van der Waals surface area contributed by atoms with Gasteiger partial charge in [-0.1, -0.05) is 195 Å². The Labute approximate surface area is 823 Å². The van der Waals surface area contributed by atoms with Crippen LogP contribution in [0.25, 0.3) is 33.1 Å². The zero-order valence-electron chi connectivity index (χ0n) is 78.0. The molecule has 11 aliphatic rings. The summed E-state index contributed by atoms with van der Waals surface area (Å²) in [7, 11) is 3.53. The maximum atomic E-state index is 14.0. The molecule has 12 unspecified atom stereocenters. The van der Waals surface area contributed by atoms with Crippen LogP contribution >= 0.6 is 45.2 Å². The van der Waals surface area contributed by atoms with Gasteiger partial charge < -0.3 is 98.8 Å². The molecule has 6 amide bonds. The van der Waals surface area contributed by atoms with Crippen LogP contribution in [0.4, 0.5) is 14.4 Å². The van der Waals surface area contributed by atoms with Crippen molar-refractivity contribution < 1.29 is 121 Å². The maximum absolute atomic E-state index is 14.0. The molecule has 7 aliphatic carbocycles. The first kappa shape index (κ1) is 112. The number of nitrogens with one attached hydrogen (secondary N) is 6. The van der Waals surface area contributed by atoms with Gasteiger partial charge in [-0.25, -0.2) is 29.3 Å². The summed E-state index contributed by atoms with van der Waals surface area (Å²) < 4.78 is 29.0. The minimum atomic E-state index is -0.662. The number of amides is 6. The molecule has 126 heavy (non-hydrogen) atoms. The average Bonchev–Trinajstić information content (AvgIpc) is 1.60. The monoisotopic (exact) mass is 2130 g/mol. The van der Waals surface area contributed by atoms with E-state index in [9.17, 15) is 28.8 Å². The van der Waals surface area contributed by atoms with Crippen molar-refractivity contribution in [2.45, 2.75) is 354 Å². The van der Waals surface area contributed by atoms with E-state index in [0.717, 1.165) is 141 Å². The van der Waals surface area contributed by atoms with Crippen molar-refractivity contribution in [3.05, 3.63) is 113 Å². The van der Waals surface area contributed by atoms with E-state index in [1.807, 2.05) is 92.3 Å². The van der Waals surface area contributed by atoms with Crippen LogP contribution in [-0.2, 0) is 106 Å². The molecule has 23 nitrogen and oxygen atoms in total. The molecule has 7 heterocycles. The van der Waals surface area contributed by atoms with Crippen LogP contribution in [0.15, 0.2) is 54.6 Å². The molecule has 0 radical (unpaired) electrons. The first-order chi connectivity index (χ1) is 56.6. The number of carbonyl (C=O) groups excluding carboxylic acids is 6. The second-order valence-corrected chi connectivity index (χ2v) is 41.4. The molecule has 3 aromatic carbocycles. The van der Waals surface area contributed by atoms with Gasteiger partial charge in [0.2, 0.25) is 17.7 Å². The van der Waals surface area contributed by atoms with Crippen molar-refractivity contribution in [1.29, 1.82) is 0 Å². The van der Waals surface area contributed by atoms with Gasteiger partial charge in [0.1, 0.15) is 35.6 Å². The summed E-state index contributed by atoms with van der Waals surface area (Å²) >= 11 is 5.06. The number of halogens is 2. The Bertz CT molecular complexity index is 4220. The zero-order chi connectivity index (χ0) is 83.9. The van der Waals surface area contributed by atoms with Crippen molar-refractivity contribution >= 4 is 127 Å². The number of aromatic amines is 3. The van der Waals surface area contributed by atoms with E-state index < -0.39 is 54.7 Å². The molecule has 0 bridgehead atoms. The molecule has 4 saturated heterocycles. The Kier molecular flexibility index (Phi) is 45.3. The number of hydrogen-bond acceptors (Lipinski definition) is 14. The van der Waals surface area contributed by atoms with Gasteiger partial charge in [-0.05, 0) is 237 Å². The van der Waals surface area contributed by atoms with Gasteiger partial charge in [-0.2, -0.15) is 0 Å². The smallest absolute Gasteiger partial charge is 0.453 e. The first-order valence-electron chi connectivity index (χ1n) is 45.2. The SMILES string of the molecule is COC(=O)NC(C(=O)N1C(c2nc3ccc(B4OC(C)(C)C(C)(C)O4)cc3[nH]2)CC2CCCCC21)C(C)C.COC(=O)NC(C(=O)N1C(c2nc3ccc(C4CCCC4)cc3[nH]2)CC2CCCCC21)C(C)C.COC(=O)NC(C(=O)N1C(c2nc3ccc(C4CCCC4)cc3[nH]2)CC2CCCCC21)C(C)C.IC1CCCC1.IC1CCCC1.[CH3-].[CH3-].[CH3-].[CH3-].[Fe+2].[Fe+2].[Fe].[Fe]. The van der Waals surface area contributed by atoms with E-state index in [0.29, 0.717) is 29.6 Å². The number of alkyl halides is 2. The molecule has 17 rings (SSSR count). The average molecular weight is 2130 g/mol. The molecule has 4 aliphatic heterocycles. The number of alkyl carbamates (subject to hydrolysis) is 3. The quantitative estimate of drug-likeness (QED) is 0.0183. The number of hydrogen-bond donors (Lipinski definition) is 6. The van der Waals surface area contributed by atoms with Crippen molar-refractivity contribution in [2.75, 3.05) is 21.3 Å². The Morgan fingerprint density at radius 1 is 0.413 bits per heavy atom. The van der Waals surface area contributed by atoms with Gasteiger partial charge in [0, 0.05) is 60.1 Å². The topological polar surface area (TPSA) is 280 Å². The standard InChI is InChI=1S/C28H41BN4O5.2C27H38N4O3.2C5H9I.4CH3.4Fe/c1-16(2)23(32-26(35)36-7)25(34)33-21-11-9-8-10-17(21)14-22(33)24-30-19-13-12-18(15-20(19)31-24)29-37-27(3,4)28(5,6)38-29;2*1-16(2)24(30-27(33)34-3)26(32)31-22-11-7-6-10-19(22)15-23(31)25-28-20-13-12-18(14-21(20)29-25)17-8-4-5-9-17;2*6-5-3-1-2-4-5;;;;;;;;/h12-13,15-17,21-23H,8-11,14H2,1-7H3,(H,30,31)(H,32,35);2*12-14,16-17,19,22-24H,4-11,15H2,1-3H3,(H,28,29)(H,30,33);2*5H,1-4H2;4*1H3;;;;/q;;;;;4*-1;;;2*+2. The van der Waals surface area contributed by atoms with Crippen LogP contribution in [0.3, 0.4) is 0 Å². The molecule has 706 valence electrons. The molecule has 11 fully saturated rings. The minimum Gasteiger partial charge on any atom is -0.453 e. The number of methoxy groups -OCH3 is 3. The number of fused-ring (bicyclic) bond motifs is 6. The Balaban J connectivity index is 0.000000304. The summed E-state index contributed by atoms with van der Waals surface area (Å²) in [6.07, 6.45) is 36.5. The van der Waals surface area contributed by atoms with Gasteiger partial charge in [0.15, 0.2) is 0 Å². The summed E-state index contributed by atoms with van der Waals surface area (Å²) in [6.45, 7) is 19.9. The van der Waals surface area contributed by atoms with E-state index >= 15 is 0 Å². The second-order valence-electron chi connectivity index (χ2n) is 37.9. The number of nitrogens with zero attached hydrogens (tertiary/aromatic N) is 6. The normalized spacial score (nSPS) is 24.7. The first-order valence-corrected chi connectivity index (χ1v) is 47.7. The largest absolute Gasteiger partial charge is 2.00 e. The maximum Gasteiger partial charge on any atom is 2.00 e. The number of carbonyl (C=O) groups is 6. The van der Waals surface area contributed by atoms with Crippen molar-refractivity contribution in [1.82, 2.24) is 60.6 Å². The molecule has 0 spiro atoms. The zero-order valence-corrected chi connectivity index (χ0v) is 86.7. The van der Waals surface area contributed by atoms with Crippen molar-refractivity contribution in [3.63, 3.8) is 0 Å². The Morgan fingerprint density at radius 3 is 0.944 bits per heavy atom. The molecular weight excluding hydrogens is 1990 g/mol.